The van der Waals surface area contributed by atoms with Gasteiger partial charge in [-0.3, -0.25) is 4.79 Å². The van der Waals surface area contributed by atoms with E-state index < -0.39 is 16.0 Å². The van der Waals surface area contributed by atoms with Crippen LogP contribution in [-0.2, 0) is 21.2 Å². The molecule has 0 aliphatic heterocycles. The first-order valence-corrected chi connectivity index (χ1v) is 8.36. The molecule has 0 spiro atoms. The van der Waals surface area contributed by atoms with E-state index in [2.05, 4.69) is 0 Å². The molecule has 5 nitrogen and oxygen atoms in total. The number of aliphatic carboxylic acids is 1. The van der Waals surface area contributed by atoms with Gasteiger partial charge in [-0.1, -0.05) is 0 Å². The van der Waals surface area contributed by atoms with Gasteiger partial charge >= 0.3 is 5.97 Å². The SMILES string of the molecule is CC(C1CC1)N(C)S(=O)(=O)c1ccc(CC(=O)O)s1. The summed E-state index contributed by atoms with van der Waals surface area (Å²) >= 11 is 1.04. The second-order valence-corrected chi connectivity index (χ2v) is 8.28. The van der Waals surface area contributed by atoms with Gasteiger partial charge < -0.3 is 5.11 Å². The third-order valence-electron chi connectivity index (χ3n) is 3.47. The standard InChI is InChI=1S/C12H17NO4S2/c1-8(9-3-4-9)13(2)19(16,17)12-6-5-10(18-12)7-11(14)15/h5-6,8-9H,3-4,7H2,1-2H3,(H,14,15). The number of rotatable bonds is 6. The minimum Gasteiger partial charge on any atom is -0.481 e. The zero-order chi connectivity index (χ0) is 14.2. The highest BCUT2D eigenvalue weighted by molar-refractivity contribution is 7.91. The van der Waals surface area contributed by atoms with Crippen LogP contribution < -0.4 is 0 Å². The van der Waals surface area contributed by atoms with E-state index in [1.807, 2.05) is 6.92 Å². The zero-order valence-corrected chi connectivity index (χ0v) is 12.5. The van der Waals surface area contributed by atoms with Crippen molar-refractivity contribution in [2.75, 3.05) is 7.05 Å². The summed E-state index contributed by atoms with van der Waals surface area (Å²) in [7, 11) is -1.91. The number of carboxylic acids is 1. The van der Waals surface area contributed by atoms with E-state index in [1.54, 1.807) is 13.1 Å². The number of sulfonamides is 1. The minimum atomic E-state index is -3.50. The molecule has 0 aromatic carbocycles. The fourth-order valence-corrected chi connectivity index (χ4v) is 4.93. The lowest BCUT2D eigenvalue weighted by Crippen LogP contribution is -2.36. The second-order valence-electron chi connectivity index (χ2n) is 4.89. The summed E-state index contributed by atoms with van der Waals surface area (Å²) in [6, 6.07) is 3.06. The number of hydrogen-bond acceptors (Lipinski definition) is 4. The molecule has 1 aromatic rings. The average molecular weight is 303 g/mol. The molecule has 0 amide bonds. The van der Waals surface area contributed by atoms with Crippen molar-refractivity contribution < 1.29 is 18.3 Å². The van der Waals surface area contributed by atoms with E-state index in [1.165, 1.54) is 10.4 Å². The molecule has 1 unspecified atom stereocenters. The summed E-state index contributed by atoms with van der Waals surface area (Å²) in [4.78, 5) is 11.2. The van der Waals surface area contributed by atoms with Crippen LogP contribution in [0.25, 0.3) is 0 Å². The smallest absolute Gasteiger partial charge is 0.308 e. The van der Waals surface area contributed by atoms with Crippen LogP contribution in [0, 0.1) is 5.92 Å². The summed E-state index contributed by atoms with van der Waals surface area (Å²) in [6.45, 7) is 1.92. The quantitative estimate of drug-likeness (QED) is 0.869. The minimum absolute atomic E-state index is 0.00461. The van der Waals surface area contributed by atoms with Gasteiger partial charge in [0, 0.05) is 18.0 Å². The van der Waals surface area contributed by atoms with E-state index in [0.717, 1.165) is 24.2 Å². The Hall–Kier alpha value is -0.920. The Balaban J connectivity index is 2.18. The van der Waals surface area contributed by atoms with E-state index in [0.29, 0.717) is 10.8 Å². The molecular weight excluding hydrogens is 286 g/mol. The van der Waals surface area contributed by atoms with Gasteiger partial charge in [0.2, 0.25) is 0 Å². The maximum atomic E-state index is 12.4. The van der Waals surface area contributed by atoms with E-state index in [9.17, 15) is 13.2 Å². The largest absolute Gasteiger partial charge is 0.481 e. The first kappa shape index (κ1) is 14.5. The highest BCUT2D eigenvalue weighted by Crippen LogP contribution is 2.37. The Morgan fingerprint density at radius 2 is 2.16 bits per heavy atom. The van der Waals surface area contributed by atoms with E-state index in [-0.39, 0.29) is 16.7 Å². The molecule has 0 radical (unpaired) electrons. The molecule has 1 heterocycles. The van der Waals surface area contributed by atoms with Crippen molar-refractivity contribution in [3.8, 4) is 0 Å². The number of thiophene rings is 1. The summed E-state index contributed by atoms with van der Waals surface area (Å²) in [6.07, 6.45) is 2.02. The maximum Gasteiger partial charge on any atom is 0.308 e. The molecule has 1 saturated carbocycles. The number of carboxylic acid groups (broad SMARTS) is 1. The van der Waals surface area contributed by atoms with Crippen LogP contribution in [-0.4, -0.2) is 36.9 Å². The number of hydrogen-bond donors (Lipinski definition) is 1. The first-order chi connectivity index (χ1) is 8.82. The van der Waals surface area contributed by atoms with Crippen molar-refractivity contribution in [3.05, 3.63) is 17.0 Å². The van der Waals surface area contributed by atoms with Gasteiger partial charge in [-0.2, -0.15) is 4.31 Å². The number of nitrogens with zero attached hydrogens (tertiary/aromatic N) is 1. The van der Waals surface area contributed by atoms with Crippen LogP contribution in [0.3, 0.4) is 0 Å². The van der Waals surface area contributed by atoms with Crippen molar-refractivity contribution in [2.24, 2.45) is 5.92 Å². The highest BCUT2D eigenvalue weighted by atomic mass is 32.2. The fraction of sp³-hybridized carbons (Fsp3) is 0.583. The Morgan fingerprint density at radius 3 is 2.68 bits per heavy atom. The Labute approximate surface area is 116 Å². The van der Waals surface area contributed by atoms with Crippen LogP contribution in [0.4, 0.5) is 0 Å². The molecule has 2 rings (SSSR count). The Bertz CT molecular complexity index is 574. The van der Waals surface area contributed by atoms with Crippen LogP contribution in [0.5, 0.6) is 0 Å². The molecule has 7 heteroatoms. The monoisotopic (exact) mass is 303 g/mol. The van der Waals surface area contributed by atoms with E-state index >= 15 is 0 Å². The zero-order valence-electron chi connectivity index (χ0n) is 10.9. The highest BCUT2D eigenvalue weighted by Gasteiger charge is 2.36. The third-order valence-corrected chi connectivity index (χ3v) is 6.97. The molecule has 1 aromatic heterocycles. The van der Waals surface area contributed by atoms with Crippen molar-refractivity contribution in [1.29, 1.82) is 0 Å². The van der Waals surface area contributed by atoms with Crippen molar-refractivity contribution in [3.63, 3.8) is 0 Å². The predicted octanol–water partition coefficient (Wildman–Crippen LogP) is 1.79. The van der Waals surface area contributed by atoms with Gasteiger partial charge in [0.15, 0.2) is 0 Å². The summed E-state index contributed by atoms with van der Waals surface area (Å²) in [5.41, 5.74) is 0. The number of carbonyl (C=O) groups is 1. The fourth-order valence-electron chi connectivity index (χ4n) is 1.98. The van der Waals surface area contributed by atoms with Gasteiger partial charge in [-0.05, 0) is 37.8 Å². The Kier molecular flexibility index (Phi) is 3.98. The molecule has 1 N–H and O–H groups in total. The lowest BCUT2D eigenvalue weighted by Gasteiger charge is -2.23. The van der Waals surface area contributed by atoms with Crippen LogP contribution >= 0.6 is 11.3 Å². The average Bonchev–Trinajstić information content (AvgIpc) is 3.07. The Morgan fingerprint density at radius 1 is 1.53 bits per heavy atom. The molecule has 1 fully saturated rings. The van der Waals surface area contributed by atoms with Crippen LogP contribution in [0.2, 0.25) is 0 Å². The van der Waals surface area contributed by atoms with Gasteiger partial charge in [0.25, 0.3) is 10.0 Å². The summed E-state index contributed by atoms with van der Waals surface area (Å²) < 4.78 is 26.4. The lowest BCUT2D eigenvalue weighted by atomic mass is 10.2. The lowest BCUT2D eigenvalue weighted by molar-refractivity contribution is -0.136. The van der Waals surface area contributed by atoms with Gasteiger partial charge in [-0.15, -0.1) is 11.3 Å². The second kappa shape index (κ2) is 5.22. The van der Waals surface area contributed by atoms with Gasteiger partial charge in [0.05, 0.1) is 6.42 Å². The topological polar surface area (TPSA) is 74.7 Å². The van der Waals surface area contributed by atoms with E-state index in [4.69, 9.17) is 5.11 Å². The first-order valence-electron chi connectivity index (χ1n) is 6.11. The normalized spacial score (nSPS) is 17.6. The molecule has 1 atom stereocenters. The van der Waals surface area contributed by atoms with Crippen LogP contribution in [0.15, 0.2) is 16.3 Å². The molecule has 0 bridgehead atoms. The van der Waals surface area contributed by atoms with Crippen molar-refractivity contribution in [1.82, 2.24) is 4.31 Å². The maximum absolute atomic E-state index is 12.4. The summed E-state index contributed by atoms with van der Waals surface area (Å²) in [5.74, 6) is -0.497. The van der Waals surface area contributed by atoms with Gasteiger partial charge in [0.1, 0.15) is 4.21 Å². The van der Waals surface area contributed by atoms with Crippen molar-refractivity contribution >= 4 is 27.3 Å². The molecule has 0 saturated heterocycles. The molecular formula is C12H17NO4S2. The van der Waals surface area contributed by atoms with Crippen LogP contribution in [0.1, 0.15) is 24.6 Å². The predicted molar refractivity (Wildman–Crippen MR) is 72.8 cm³/mol. The molecule has 1 aliphatic carbocycles. The molecule has 106 valence electrons. The molecule has 1 aliphatic rings. The third kappa shape index (κ3) is 3.16. The molecule has 19 heavy (non-hydrogen) atoms. The summed E-state index contributed by atoms with van der Waals surface area (Å²) in [5, 5.41) is 8.70. The van der Waals surface area contributed by atoms with Gasteiger partial charge in [-0.25, -0.2) is 8.42 Å². The van der Waals surface area contributed by atoms with Crippen molar-refractivity contribution in [2.45, 2.75) is 36.4 Å².